The summed E-state index contributed by atoms with van der Waals surface area (Å²) >= 11 is 3.13. The van der Waals surface area contributed by atoms with E-state index in [0.29, 0.717) is 10.6 Å². The first-order valence-corrected chi connectivity index (χ1v) is 4.76. The normalized spacial score (nSPS) is 24.2. The number of nitrogens with zero attached hydrogens (tertiary/aromatic N) is 2. The second-order valence-corrected chi connectivity index (χ2v) is 3.47. The summed E-state index contributed by atoms with van der Waals surface area (Å²) in [6.07, 6.45) is 3.29. The van der Waals surface area contributed by atoms with Crippen molar-refractivity contribution in [2.24, 2.45) is 0 Å². The van der Waals surface area contributed by atoms with E-state index >= 15 is 0 Å². The SMILES string of the molecule is Brc1noc(C2CCCCO2)n1. The number of ether oxygens (including phenoxy) is 1. The molecule has 1 atom stereocenters. The number of hydrogen-bond acceptors (Lipinski definition) is 4. The molecule has 0 spiro atoms. The van der Waals surface area contributed by atoms with Crippen molar-refractivity contribution < 1.29 is 9.26 Å². The van der Waals surface area contributed by atoms with Crippen molar-refractivity contribution in [2.75, 3.05) is 6.61 Å². The maximum atomic E-state index is 5.46. The fourth-order valence-corrected chi connectivity index (χ4v) is 1.53. The molecule has 2 rings (SSSR count). The maximum Gasteiger partial charge on any atom is 0.256 e. The van der Waals surface area contributed by atoms with Gasteiger partial charge in [-0.2, -0.15) is 4.98 Å². The number of rotatable bonds is 1. The zero-order valence-electron chi connectivity index (χ0n) is 6.49. The third kappa shape index (κ3) is 1.67. The van der Waals surface area contributed by atoms with Gasteiger partial charge in [0.1, 0.15) is 6.10 Å². The minimum absolute atomic E-state index is 0.0116. The largest absolute Gasteiger partial charge is 0.368 e. The molecule has 0 radical (unpaired) electrons. The molecule has 2 heterocycles. The van der Waals surface area contributed by atoms with Gasteiger partial charge in [0.05, 0.1) is 0 Å². The molecule has 1 fully saturated rings. The summed E-state index contributed by atoms with van der Waals surface area (Å²) in [6.45, 7) is 0.796. The van der Waals surface area contributed by atoms with E-state index in [-0.39, 0.29) is 6.10 Å². The first kappa shape index (κ1) is 8.19. The van der Waals surface area contributed by atoms with Gasteiger partial charge in [-0.25, -0.2) is 0 Å². The van der Waals surface area contributed by atoms with Crippen molar-refractivity contribution >= 4 is 15.9 Å². The second-order valence-electron chi connectivity index (χ2n) is 2.76. The highest BCUT2D eigenvalue weighted by Crippen LogP contribution is 2.26. The van der Waals surface area contributed by atoms with Crippen LogP contribution in [0.2, 0.25) is 0 Å². The Bertz CT molecular complexity index is 258. The summed E-state index contributed by atoms with van der Waals surface area (Å²) in [5.74, 6) is 0.585. The van der Waals surface area contributed by atoms with Crippen LogP contribution in [0.1, 0.15) is 31.3 Å². The monoisotopic (exact) mass is 232 g/mol. The summed E-state index contributed by atoms with van der Waals surface area (Å²) in [4.78, 5) is 4.05. The van der Waals surface area contributed by atoms with Gasteiger partial charge in [0.15, 0.2) is 0 Å². The molecule has 1 aliphatic heterocycles. The maximum absolute atomic E-state index is 5.46. The van der Waals surface area contributed by atoms with Gasteiger partial charge in [0.2, 0.25) is 4.73 Å². The fraction of sp³-hybridized carbons (Fsp3) is 0.714. The molecule has 0 amide bonds. The van der Waals surface area contributed by atoms with Crippen molar-refractivity contribution in [3.63, 3.8) is 0 Å². The Morgan fingerprint density at radius 3 is 2.92 bits per heavy atom. The van der Waals surface area contributed by atoms with Crippen LogP contribution >= 0.6 is 15.9 Å². The first-order chi connectivity index (χ1) is 5.86. The van der Waals surface area contributed by atoms with E-state index in [1.807, 2.05) is 0 Å². The highest BCUT2D eigenvalue weighted by atomic mass is 79.9. The van der Waals surface area contributed by atoms with Crippen LogP contribution in [0.15, 0.2) is 9.26 Å². The second kappa shape index (κ2) is 3.53. The van der Waals surface area contributed by atoms with Crippen LogP contribution in [0.25, 0.3) is 0 Å². The Labute approximate surface area is 78.4 Å². The third-order valence-corrected chi connectivity index (χ3v) is 2.19. The first-order valence-electron chi connectivity index (χ1n) is 3.97. The van der Waals surface area contributed by atoms with E-state index in [1.54, 1.807) is 0 Å². The van der Waals surface area contributed by atoms with E-state index in [9.17, 15) is 0 Å². The molecule has 4 nitrogen and oxygen atoms in total. The third-order valence-electron chi connectivity index (χ3n) is 1.87. The molecule has 1 saturated heterocycles. The molecule has 1 unspecified atom stereocenters. The molecular formula is C7H9BrN2O2. The van der Waals surface area contributed by atoms with Gasteiger partial charge in [-0.15, -0.1) is 0 Å². The lowest BCUT2D eigenvalue weighted by molar-refractivity contribution is -0.00459. The minimum atomic E-state index is 0.0116. The average molecular weight is 233 g/mol. The van der Waals surface area contributed by atoms with E-state index in [2.05, 4.69) is 26.1 Å². The molecule has 5 heteroatoms. The topological polar surface area (TPSA) is 48.2 Å². The minimum Gasteiger partial charge on any atom is -0.368 e. The van der Waals surface area contributed by atoms with Crippen LogP contribution in [0.3, 0.4) is 0 Å². The van der Waals surface area contributed by atoms with Gasteiger partial charge in [0, 0.05) is 6.61 Å². The van der Waals surface area contributed by atoms with Gasteiger partial charge >= 0.3 is 0 Å². The van der Waals surface area contributed by atoms with Crippen LogP contribution in [0.4, 0.5) is 0 Å². The molecular weight excluding hydrogens is 224 g/mol. The van der Waals surface area contributed by atoms with Crippen LogP contribution in [0, 0.1) is 0 Å². The molecule has 1 aromatic rings. The Balaban J connectivity index is 2.08. The molecule has 0 aliphatic carbocycles. The molecule has 0 saturated carbocycles. The Morgan fingerprint density at radius 2 is 2.33 bits per heavy atom. The van der Waals surface area contributed by atoms with E-state index in [0.717, 1.165) is 19.4 Å². The van der Waals surface area contributed by atoms with Gasteiger partial charge in [-0.05, 0) is 40.3 Å². The zero-order chi connectivity index (χ0) is 8.39. The predicted molar refractivity (Wildman–Crippen MR) is 44.5 cm³/mol. The molecule has 0 N–H and O–H groups in total. The molecule has 1 aromatic heterocycles. The molecule has 1 aliphatic rings. The quantitative estimate of drug-likeness (QED) is 0.744. The van der Waals surface area contributed by atoms with Gasteiger partial charge in [-0.1, -0.05) is 0 Å². The van der Waals surface area contributed by atoms with Crippen LogP contribution < -0.4 is 0 Å². The van der Waals surface area contributed by atoms with Crippen molar-refractivity contribution in [2.45, 2.75) is 25.4 Å². The highest BCUT2D eigenvalue weighted by Gasteiger charge is 2.21. The summed E-state index contributed by atoms with van der Waals surface area (Å²) < 4.78 is 10.9. The Kier molecular flexibility index (Phi) is 2.41. The van der Waals surface area contributed by atoms with Crippen molar-refractivity contribution in [1.29, 1.82) is 0 Å². The fourth-order valence-electron chi connectivity index (χ4n) is 1.28. The van der Waals surface area contributed by atoms with Crippen LogP contribution in [0.5, 0.6) is 0 Å². The molecule has 12 heavy (non-hydrogen) atoms. The standard InChI is InChI=1S/C7H9BrN2O2/c8-7-9-6(12-10-7)5-3-1-2-4-11-5/h5H,1-4H2. The number of halogens is 1. The average Bonchev–Trinajstić information content (AvgIpc) is 2.54. The van der Waals surface area contributed by atoms with Crippen molar-refractivity contribution in [1.82, 2.24) is 10.1 Å². The van der Waals surface area contributed by atoms with Gasteiger partial charge < -0.3 is 9.26 Å². The van der Waals surface area contributed by atoms with Gasteiger partial charge in [-0.3, -0.25) is 0 Å². The summed E-state index contributed by atoms with van der Waals surface area (Å²) in [5.41, 5.74) is 0. The summed E-state index contributed by atoms with van der Waals surface area (Å²) in [6, 6.07) is 0. The van der Waals surface area contributed by atoms with Crippen LogP contribution in [-0.2, 0) is 4.74 Å². The zero-order valence-corrected chi connectivity index (χ0v) is 8.08. The molecule has 66 valence electrons. The van der Waals surface area contributed by atoms with Crippen molar-refractivity contribution in [3.05, 3.63) is 10.6 Å². The Morgan fingerprint density at radius 1 is 1.42 bits per heavy atom. The number of hydrogen-bond donors (Lipinski definition) is 0. The van der Waals surface area contributed by atoms with E-state index in [4.69, 9.17) is 9.26 Å². The predicted octanol–water partition coefficient (Wildman–Crippen LogP) is 2.07. The number of aromatic nitrogens is 2. The van der Waals surface area contributed by atoms with E-state index < -0.39 is 0 Å². The Hall–Kier alpha value is -0.420. The van der Waals surface area contributed by atoms with Crippen LogP contribution in [-0.4, -0.2) is 16.7 Å². The highest BCUT2D eigenvalue weighted by molar-refractivity contribution is 9.10. The summed E-state index contributed by atoms with van der Waals surface area (Å²) in [7, 11) is 0. The lowest BCUT2D eigenvalue weighted by Gasteiger charge is -2.18. The lowest BCUT2D eigenvalue weighted by atomic mass is 10.1. The lowest BCUT2D eigenvalue weighted by Crippen LogP contribution is -2.11. The summed E-state index contributed by atoms with van der Waals surface area (Å²) in [5, 5.41) is 3.64. The van der Waals surface area contributed by atoms with E-state index in [1.165, 1.54) is 6.42 Å². The van der Waals surface area contributed by atoms with Crippen molar-refractivity contribution in [3.8, 4) is 0 Å². The van der Waals surface area contributed by atoms with Gasteiger partial charge in [0.25, 0.3) is 5.89 Å². The molecule has 0 bridgehead atoms. The smallest absolute Gasteiger partial charge is 0.256 e. The molecule has 0 aromatic carbocycles.